The molecular formula is C23H28N2O3S. The highest BCUT2D eigenvalue weighted by molar-refractivity contribution is 7.97. The molecule has 3 aliphatic carbocycles. The van der Waals surface area contributed by atoms with Crippen LogP contribution in [-0.2, 0) is 31.3 Å². The number of fused-ring (bicyclic) bond motifs is 2. The number of rotatable bonds is 5. The van der Waals surface area contributed by atoms with Crippen LogP contribution in [0.4, 0.5) is 10.5 Å². The SMILES string of the molecule is CC(C)(O)c1cc(SNC(=O)Nc2c3c(cc4c2CCC4)CCC3)oc1C1CC1. The fraction of sp³-hybridized carbons (Fsp3) is 0.522. The third-order valence-electron chi connectivity index (χ3n) is 6.30. The van der Waals surface area contributed by atoms with Gasteiger partial charge in [0.15, 0.2) is 5.09 Å². The Labute approximate surface area is 175 Å². The van der Waals surface area contributed by atoms with E-state index >= 15 is 0 Å². The Bertz CT molecular complexity index is 937. The molecule has 0 spiro atoms. The second-order valence-corrected chi connectivity index (χ2v) is 9.88. The third-order valence-corrected chi connectivity index (χ3v) is 6.99. The zero-order valence-electron chi connectivity index (χ0n) is 17.1. The Balaban J connectivity index is 1.31. The van der Waals surface area contributed by atoms with E-state index in [-0.39, 0.29) is 6.03 Å². The molecule has 6 heteroatoms. The number of hydrogen-bond acceptors (Lipinski definition) is 4. The summed E-state index contributed by atoms with van der Waals surface area (Å²) >= 11 is 1.17. The number of aliphatic hydroxyl groups is 1. The summed E-state index contributed by atoms with van der Waals surface area (Å²) in [5, 5.41) is 14.2. The highest BCUT2D eigenvalue weighted by Crippen LogP contribution is 2.46. The van der Waals surface area contributed by atoms with Gasteiger partial charge in [-0.05, 0) is 93.5 Å². The molecule has 2 aromatic rings. The molecule has 0 atom stereocenters. The van der Waals surface area contributed by atoms with Gasteiger partial charge in [0.25, 0.3) is 0 Å². The van der Waals surface area contributed by atoms with Crippen molar-refractivity contribution in [2.45, 2.75) is 81.8 Å². The van der Waals surface area contributed by atoms with Gasteiger partial charge in [-0.3, -0.25) is 4.72 Å². The van der Waals surface area contributed by atoms with Gasteiger partial charge in [0.05, 0.1) is 5.60 Å². The molecule has 0 aliphatic heterocycles. The predicted octanol–water partition coefficient (Wildman–Crippen LogP) is 5.19. The smallest absolute Gasteiger partial charge is 0.329 e. The van der Waals surface area contributed by atoms with E-state index in [0.717, 1.165) is 55.5 Å². The number of nitrogens with one attached hydrogen (secondary N) is 2. The van der Waals surface area contributed by atoms with Crippen molar-refractivity contribution in [2.75, 3.05) is 5.32 Å². The van der Waals surface area contributed by atoms with Gasteiger partial charge in [-0.15, -0.1) is 0 Å². The van der Waals surface area contributed by atoms with Gasteiger partial charge in [-0.2, -0.15) is 0 Å². The lowest BCUT2D eigenvalue weighted by molar-refractivity contribution is 0.0765. The lowest BCUT2D eigenvalue weighted by Crippen LogP contribution is -2.24. The first kappa shape index (κ1) is 19.1. The van der Waals surface area contributed by atoms with E-state index in [4.69, 9.17) is 4.42 Å². The zero-order chi connectivity index (χ0) is 20.2. The molecule has 1 heterocycles. The summed E-state index contributed by atoms with van der Waals surface area (Å²) in [6, 6.07) is 4.00. The van der Waals surface area contributed by atoms with Crippen molar-refractivity contribution in [3.8, 4) is 0 Å². The number of aryl methyl sites for hydroxylation is 2. The monoisotopic (exact) mass is 412 g/mol. The summed E-state index contributed by atoms with van der Waals surface area (Å²) in [6.07, 6.45) is 8.84. The molecule has 154 valence electrons. The zero-order valence-corrected chi connectivity index (χ0v) is 17.9. The van der Waals surface area contributed by atoms with Gasteiger partial charge >= 0.3 is 6.03 Å². The number of benzene rings is 1. The van der Waals surface area contributed by atoms with E-state index < -0.39 is 5.60 Å². The molecule has 1 saturated carbocycles. The maximum absolute atomic E-state index is 12.7. The minimum absolute atomic E-state index is 0.224. The van der Waals surface area contributed by atoms with E-state index in [9.17, 15) is 9.90 Å². The molecule has 2 amide bonds. The van der Waals surface area contributed by atoms with Crippen LogP contribution in [0.3, 0.4) is 0 Å². The first-order valence-corrected chi connectivity index (χ1v) is 11.5. The fourth-order valence-corrected chi connectivity index (χ4v) is 5.31. The normalized spacial score (nSPS) is 17.9. The average Bonchev–Trinajstić information content (AvgIpc) is 3.08. The van der Waals surface area contributed by atoms with Gasteiger partial charge in [-0.25, -0.2) is 4.79 Å². The first-order valence-electron chi connectivity index (χ1n) is 10.7. The van der Waals surface area contributed by atoms with Gasteiger partial charge in [-0.1, -0.05) is 6.07 Å². The van der Waals surface area contributed by atoms with E-state index in [1.807, 2.05) is 6.07 Å². The van der Waals surface area contributed by atoms with Gasteiger partial charge < -0.3 is 14.8 Å². The number of carbonyl (C=O) groups is 1. The molecule has 0 radical (unpaired) electrons. The van der Waals surface area contributed by atoms with Crippen molar-refractivity contribution in [2.24, 2.45) is 0 Å². The second-order valence-electron chi connectivity index (χ2n) is 9.07. The number of carbonyl (C=O) groups excluding carboxylic acids is 1. The molecule has 3 N–H and O–H groups in total. The van der Waals surface area contributed by atoms with Crippen LogP contribution in [-0.4, -0.2) is 11.1 Å². The van der Waals surface area contributed by atoms with E-state index in [1.165, 1.54) is 47.0 Å². The van der Waals surface area contributed by atoms with Crippen molar-refractivity contribution < 1.29 is 14.3 Å². The minimum Gasteiger partial charge on any atom is -0.452 e. The quantitative estimate of drug-likeness (QED) is 0.591. The molecule has 29 heavy (non-hydrogen) atoms. The lowest BCUT2D eigenvalue weighted by atomic mass is 9.97. The maximum Gasteiger partial charge on any atom is 0.329 e. The van der Waals surface area contributed by atoms with Gasteiger partial charge in [0.1, 0.15) is 5.76 Å². The van der Waals surface area contributed by atoms with Crippen molar-refractivity contribution >= 4 is 23.7 Å². The Hall–Kier alpha value is -1.92. The van der Waals surface area contributed by atoms with Crippen LogP contribution in [0.5, 0.6) is 0 Å². The lowest BCUT2D eigenvalue weighted by Gasteiger charge is -2.16. The molecule has 5 rings (SSSR count). The second kappa shape index (κ2) is 7.10. The van der Waals surface area contributed by atoms with Crippen LogP contribution < -0.4 is 10.0 Å². The van der Waals surface area contributed by atoms with Crippen LogP contribution in [0, 0.1) is 0 Å². The van der Waals surface area contributed by atoms with Crippen LogP contribution in [0.15, 0.2) is 21.6 Å². The first-order chi connectivity index (χ1) is 13.9. The Morgan fingerprint density at radius 2 is 1.76 bits per heavy atom. The summed E-state index contributed by atoms with van der Waals surface area (Å²) in [7, 11) is 0. The molecular weight excluding hydrogens is 384 g/mol. The van der Waals surface area contributed by atoms with E-state index in [1.54, 1.807) is 13.8 Å². The predicted molar refractivity (Wildman–Crippen MR) is 114 cm³/mol. The highest BCUT2D eigenvalue weighted by atomic mass is 32.2. The Morgan fingerprint density at radius 1 is 1.10 bits per heavy atom. The summed E-state index contributed by atoms with van der Waals surface area (Å²) in [4.78, 5) is 12.7. The fourth-order valence-electron chi connectivity index (χ4n) is 4.76. The standard InChI is InChI=1S/C23H28N2O3S/c1-23(2,27)18-12-19(28-21(18)13-9-10-13)29-25-22(26)24-20-16-7-3-5-14(16)11-15-6-4-8-17(15)20/h11-13,27H,3-10H2,1-2H3,(H2,24,25,26). The van der Waals surface area contributed by atoms with Crippen LogP contribution in [0.25, 0.3) is 0 Å². The van der Waals surface area contributed by atoms with Crippen LogP contribution in [0.1, 0.15) is 79.0 Å². The number of hydrogen-bond donors (Lipinski definition) is 3. The highest BCUT2D eigenvalue weighted by Gasteiger charge is 2.35. The Kier molecular flexibility index (Phi) is 4.67. The van der Waals surface area contributed by atoms with Crippen molar-refractivity contribution in [1.29, 1.82) is 0 Å². The topological polar surface area (TPSA) is 74.5 Å². The molecule has 0 saturated heterocycles. The number of anilines is 1. The van der Waals surface area contributed by atoms with Crippen molar-refractivity contribution in [3.05, 3.63) is 45.7 Å². The summed E-state index contributed by atoms with van der Waals surface area (Å²) in [5.74, 6) is 1.26. The maximum atomic E-state index is 12.7. The summed E-state index contributed by atoms with van der Waals surface area (Å²) < 4.78 is 8.85. The number of amides is 2. The molecule has 1 fully saturated rings. The van der Waals surface area contributed by atoms with Crippen molar-refractivity contribution in [3.63, 3.8) is 0 Å². The summed E-state index contributed by atoms with van der Waals surface area (Å²) in [6.45, 7) is 3.55. The van der Waals surface area contributed by atoms with Crippen LogP contribution >= 0.6 is 11.9 Å². The number of urea groups is 1. The molecule has 1 aromatic carbocycles. The largest absolute Gasteiger partial charge is 0.452 e. The van der Waals surface area contributed by atoms with E-state index in [2.05, 4.69) is 16.1 Å². The molecule has 0 unspecified atom stereocenters. The van der Waals surface area contributed by atoms with Crippen LogP contribution in [0.2, 0.25) is 0 Å². The molecule has 0 bridgehead atoms. The average molecular weight is 413 g/mol. The Morgan fingerprint density at radius 3 is 2.34 bits per heavy atom. The minimum atomic E-state index is -0.951. The van der Waals surface area contributed by atoms with E-state index in [0.29, 0.717) is 11.0 Å². The summed E-state index contributed by atoms with van der Waals surface area (Å²) in [5.41, 5.74) is 6.37. The number of furan rings is 1. The molecule has 5 nitrogen and oxygen atoms in total. The van der Waals surface area contributed by atoms with Gasteiger partial charge in [0.2, 0.25) is 0 Å². The van der Waals surface area contributed by atoms with Gasteiger partial charge in [0, 0.05) is 29.1 Å². The molecule has 1 aromatic heterocycles. The van der Waals surface area contributed by atoms with Crippen molar-refractivity contribution in [1.82, 2.24) is 4.72 Å². The molecule has 3 aliphatic rings. The third kappa shape index (κ3) is 3.68.